The lowest BCUT2D eigenvalue weighted by Gasteiger charge is -2.17. The molecule has 2 atom stereocenters. The molecule has 2 unspecified atom stereocenters. The summed E-state index contributed by atoms with van der Waals surface area (Å²) in [5.74, 6) is -0.520. The number of aliphatic imine (C=N–C) groups is 2. The van der Waals surface area contributed by atoms with Crippen molar-refractivity contribution in [1.29, 1.82) is 0 Å². The van der Waals surface area contributed by atoms with Crippen LogP contribution in [0.1, 0.15) is 12.8 Å². The van der Waals surface area contributed by atoms with Crippen molar-refractivity contribution in [2.75, 3.05) is 24.7 Å². The number of aliphatic carboxylic acids is 2. The van der Waals surface area contributed by atoms with Gasteiger partial charge in [0.1, 0.15) is 0 Å². The maximum atomic E-state index is 9.55. The fourth-order valence-corrected chi connectivity index (χ4v) is 3.20. The minimum Gasteiger partial charge on any atom is -0.478 e. The van der Waals surface area contributed by atoms with Crippen LogP contribution in [0.15, 0.2) is 47.4 Å². The van der Waals surface area contributed by atoms with Crippen molar-refractivity contribution < 1.29 is 29.3 Å². The first-order chi connectivity index (χ1) is 14.3. The maximum Gasteiger partial charge on any atom is 0.328 e. The van der Waals surface area contributed by atoms with Crippen molar-refractivity contribution in [3.8, 4) is 0 Å². The fraction of sp³-hybridized carbons (Fsp3) is 0.444. The second-order valence-electron chi connectivity index (χ2n) is 5.37. The van der Waals surface area contributed by atoms with Crippen molar-refractivity contribution in [3.05, 3.63) is 37.5 Å². The van der Waals surface area contributed by atoms with Gasteiger partial charge in [0.25, 0.3) is 0 Å². The van der Waals surface area contributed by atoms with E-state index in [-0.39, 0.29) is 12.5 Å². The number of nitrogens with zero attached hydrogens (tertiary/aromatic N) is 2. The van der Waals surface area contributed by atoms with Crippen LogP contribution in [0, 0.1) is 0 Å². The number of rotatable bonds is 8. The summed E-state index contributed by atoms with van der Waals surface area (Å²) < 4.78 is 10.6. The smallest absolute Gasteiger partial charge is 0.328 e. The molecule has 0 saturated heterocycles. The Kier molecular flexibility index (Phi) is 16.2. The normalized spacial score (nSPS) is 20.4. The van der Waals surface area contributed by atoms with E-state index in [0.29, 0.717) is 35.7 Å². The van der Waals surface area contributed by atoms with E-state index in [4.69, 9.17) is 31.2 Å². The Hall–Kier alpha value is -2.28. The number of carbonyl (C=O) groups is 2. The molecule has 6 N–H and O–H groups in total. The number of carboxylic acids is 2. The van der Waals surface area contributed by atoms with Crippen molar-refractivity contribution in [2.24, 2.45) is 21.5 Å². The molecular formula is C18H28N4O6S2. The van der Waals surface area contributed by atoms with Crippen molar-refractivity contribution in [2.45, 2.75) is 25.3 Å². The minimum atomic E-state index is -1.26. The van der Waals surface area contributed by atoms with E-state index in [1.165, 1.54) is 0 Å². The van der Waals surface area contributed by atoms with Crippen LogP contribution in [0.4, 0.5) is 0 Å². The number of amidine groups is 2. The highest BCUT2D eigenvalue weighted by Gasteiger charge is 2.13. The summed E-state index contributed by atoms with van der Waals surface area (Å²) in [6.07, 6.45) is 6.34. The predicted octanol–water partition coefficient (Wildman–Crippen LogP) is 1.65. The lowest BCUT2D eigenvalue weighted by Crippen LogP contribution is -2.22. The molecule has 2 rings (SSSR count). The molecular weight excluding hydrogens is 432 g/mol. The molecule has 2 heterocycles. The van der Waals surface area contributed by atoms with Gasteiger partial charge in [-0.2, -0.15) is 0 Å². The van der Waals surface area contributed by atoms with E-state index in [1.54, 1.807) is 35.7 Å². The van der Waals surface area contributed by atoms with Crippen molar-refractivity contribution in [3.63, 3.8) is 0 Å². The monoisotopic (exact) mass is 460 g/mol. The molecule has 0 bridgehead atoms. The second kappa shape index (κ2) is 17.6. The van der Waals surface area contributed by atoms with Gasteiger partial charge in [-0.15, -0.1) is 13.2 Å². The van der Waals surface area contributed by atoms with Crippen molar-refractivity contribution in [1.82, 2.24) is 0 Å². The molecule has 12 heteroatoms. The molecule has 0 spiro atoms. The van der Waals surface area contributed by atoms with Gasteiger partial charge >= 0.3 is 11.9 Å². The number of hydrogen-bond acceptors (Lipinski definition) is 10. The Morgan fingerprint density at radius 3 is 1.57 bits per heavy atom. The molecule has 0 aromatic heterocycles. The SMILES string of the molecule is C=CCOC1CCSC(N)=N1.C=CCOC1CCSC(N)=N1.O=C(O)/C=C/C(=O)O. The van der Waals surface area contributed by atoms with Crippen LogP contribution in [0.3, 0.4) is 0 Å². The highest BCUT2D eigenvalue weighted by Crippen LogP contribution is 2.16. The Morgan fingerprint density at radius 1 is 0.933 bits per heavy atom. The van der Waals surface area contributed by atoms with Gasteiger partial charge in [0, 0.05) is 36.5 Å². The van der Waals surface area contributed by atoms with Gasteiger partial charge in [0.2, 0.25) is 0 Å². The van der Waals surface area contributed by atoms with E-state index < -0.39 is 11.9 Å². The van der Waals surface area contributed by atoms with Crippen LogP contribution in [0.2, 0.25) is 0 Å². The number of thioether (sulfide) groups is 2. The zero-order valence-corrected chi connectivity index (χ0v) is 18.1. The summed E-state index contributed by atoms with van der Waals surface area (Å²) >= 11 is 3.15. The molecule has 0 amide bonds. The third-order valence-electron chi connectivity index (χ3n) is 2.95. The predicted molar refractivity (Wildman–Crippen MR) is 122 cm³/mol. The summed E-state index contributed by atoms with van der Waals surface area (Å²) in [5, 5.41) is 16.9. The number of carboxylic acid groups (broad SMARTS) is 2. The van der Waals surface area contributed by atoms with Crippen molar-refractivity contribution >= 4 is 45.8 Å². The average Bonchev–Trinajstić information content (AvgIpc) is 2.70. The molecule has 0 saturated carbocycles. The largest absolute Gasteiger partial charge is 0.478 e. The lowest BCUT2D eigenvalue weighted by molar-refractivity contribution is -0.134. The van der Waals surface area contributed by atoms with E-state index >= 15 is 0 Å². The minimum absolute atomic E-state index is 0.0470. The van der Waals surface area contributed by atoms with Crippen LogP contribution >= 0.6 is 23.5 Å². The molecule has 30 heavy (non-hydrogen) atoms. The molecule has 0 fully saturated rings. The summed E-state index contributed by atoms with van der Waals surface area (Å²) in [5.41, 5.74) is 11.0. The Bertz CT molecular complexity index is 601. The van der Waals surface area contributed by atoms with Gasteiger partial charge in [-0.25, -0.2) is 19.6 Å². The van der Waals surface area contributed by atoms with E-state index in [9.17, 15) is 9.59 Å². The summed E-state index contributed by atoms with van der Waals surface area (Å²) in [6, 6.07) is 0. The molecule has 10 nitrogen and oxygen atoms in total. The summed E-state index contributed by atoms with van der Waals surface area (Å²) in [4.78, 5) is 27.3. The molecule has 2 aliphatic heterocycles. The zero-order chi connectivity index (χ0) is 22.8. The standard InChI is InChI=1S/2C7H12N2OS.C4H4O4/c2*1-2-4-10-6-3-5-11-7(8)9-6;5-3(6)1-2-4(7)8/h2*2,6H,1,3-5H2,(H2,8,9);1-2H,(H,5,6)(H,7,8)/b;;2-1+. The van der Waals surface area contributed by atoms with Crippen LogP contribution in [-0.4, -0.2) is 69.7 Å². The lowest BCUT2D eigenvalue weighted by atomic mass is 10.4. The Morgan fingerprint density at radius 2 is 1.30 bits per heavy atom. The highest BCUT2D eigenvalue weighted by atomic mass is 32.2. The van der Waals surface area contributed by atoms with Gasteiger partial charge in [-0.05, 0) is 0 Å². The quantitative estimate of drug-likeness (QED) is 0.308. The van der Waals surface area contributed by atoms with Gasteiger partial charge in [0.15, 0.2) is 22.8 Å². The number of hydrogen-bond donors (Lipinski definition) is 4. The van der Waals surface area contributed by atoms with Crippen LogP contribution in [0.5, 0.6) is 0 Å². The van der Waals surface area contributed by atoms with Gasteiger partial charge in [-0.3, -0.25) is 0 Å². The van der Waals surface area contributed by atoms with Crippen LogP contribution in [0.25, 0.3) is 0 Å². The first kappa shape index (κ1) is 27.7. The molecule has 0 aromatic carbocycles. The number of ether oxygens (including phenoxy) is 2. The summed E-state index contributed by atoms with van der Waals surface area (Å²) in [7, 11) is 0. The first-order valence-electron chi connectivity index (χ1n) is 8.79. The van der Waals surface area contributed by atoms with Gasteiger partial charge < -0.3 is 31.2 Å². The fourth-order valence-electron chi connectivity index (χ4n) is 1.76. The summed E-state index contributed by atoms with van der Waals surface area (Å²) in [6.45, 7) is 8.20. The molecule has 168 valence electrons. The second-order valence-corrected chi connectivity index (χ2v) is 7.60. The highest BCUT2D eigenvalue weighted by molar-refractivity contribution is 8.14. The Balaban J connectivity index is 0.000000428. The molecule has 0 aliphatic carbocycles. The third kappa shape index (κ3) is 16.7. The Labute approximate surface area is 184 Å². The van der Waals surface area contributed by atoms with E-state index in [2.05, 4.69) is 23.1 Å². The topological polar surface area (TPSA) is 170 Å². The molecule has 0 aromatic rings. The maximum absolute atomic E-state index is 9.55. The third-order valence-corrected chi connectivity index (χ3v) is 4.64. The van der Waals surface area contributed by atoms with E-state index in [0.717, 1.165) is 24.3 Å². The first-order valence-corrected chi connectivity index (χ1v) is 10.8. The average molecular weight is 461 g/mol. The van der Waals surface area contributed by atoms with Crippen LogP contribution < -0.4 is 11.5 Å². The number of nitrogens with two attached hydrogens (primary N) is 2. The van der Waals surface area contributed by atoms with Crippen LogP contribution in [-0.2, 0) is 19.1 Å². The molecule has 0 radical (unpaired) electrons. The molecule has 2 aliphatic rings. The van der Waals surface area contributed by atoms with E-state index in [1.807, 2.05) is 0 Å². The zero-order valence-electron chi connectivity index (χ0n) is 16.5. The van der Waals surface area contributed by atoms with Gasteiger partial charge in [0.05, 0.1) is 13.2 Å². The van der Waals surface area contributed by atoms with Gasteiger partial charge in [-0.1, -0.05) is 35.7 Å².